The molecule has 0 bridgehead atoms. The molecule has 9 heteroatoms. The fourth-order valence-corrected chi connectivity index (χ4v) is 2.27. The molecular weight excluding hydrogens is 250 g/mol. The SMILES string of the molecule is C[C@H](CO)NS(=O)(=O)c1cnn(CC(=O)O)c1. The highest BCUT2D eigenvalue weighted by Gasteiger charge is 2.19. The normalized spacial score (nSPS) is 13.5. The minimum atomic E-state index is -3.77. The van der Waals surface area contributed by atoms with Gasteiger partial charge in [0.05, 0.1) is 12.8 Å². The van der Waals surface area contributed by atoms with Crippen LogP contribution in [0.5, 0.6) is 0 Å². The first-order chi connectivity index (χ1) is 7.85. The summed E-state index contributed by atoms with van der Waals surface area (Å²) in [4.78, 5) is 10.3. The molecule has 17 heavy (non-hydrogen) atoms. The van der Waals surface area contributed by atoms with Crippen molar-refractivity contribution in [2.75, 3.05) is 6.61 Å². The molecule has 0 saturated heterocycles. The first-order valence-corrected chi connectivity index (χ1v) is 6.21. The highest BCUT2D eigenvalue weighted by Crippen LogP contribution is 2.07. The molecule has 0 unspecified atom stereocenters. The number of hydrogen-bond acceptors (Lipinski definition) is 5. The monoisotopic (exact) mass is 263 g/mol. The molecule has 1 atom stereocenters. The maximum absolute atomic E-state index is 11.7. The highest BCUT2D eigenvalue weighted by molar-refractivity contribution is 7.89. The number of aromatic nitrogens is 2. The zero-order chi connectivity index (χ0) is 13.1. The third-order valence-corrected chi connectivity index (χ3v) is 3.39. The van der Waals surface area contributed by atoms with Gasteiger partial charge in [-0.25, -0.2) is 13.1 Å². The average Bonchev–Trinajstić information content (AvgIpc) is 2.65. The van der Waals surface area contributed by atoms with E-state index in [9.17, 15) is 13.2 Å². The van der Waals surface area contributed by atoms with Crippen molar-refractivity contribution in [3.8, 4) is 0 Å². The predicted octanol–water partition coefficient (Wildman–Crippen LogP) is -1.37. The van der Waals surface area contributed by atoms with Crippen molar-refractivity contribution in [2.45, 2.75) is 24.4 Å². The Labute approximate surface area is 97.9 Å². The summed E-state index contributed by atoms with van der Waals surface area (Å²) < 4.78 is 26.6. The van der Waals surface area contributed by atoms with Gasteiger partial charge in [0.25, 0.3) is 0 Å². The van der Waals surface area contributed by atoms with Crippen LogP contribution in [-0.2, 0) is 21.4 Å². The van der Waals surface area contributed by atoms with Crippen LogP contribution >= 0.6 is 0 Å². The molecule has 0 saturated carbocycles. The van der Waals surface area contributed by atoms with Crippen molar-refractivity contribution in [3.05, 3.63) is 12.4 Å². The minimum absolute atomic E-state index is 0.140. The second-order valence-electron chi connectivity index (χ2n) is 3.47. The van der Waals surface area contributed by atoms with Gasteiger partial charge in [0, 0.05) is 12.2 Å². The number of carboxylic acids is 1. The van der Waals surface area contributed by atoms with Gasteiger partial charge < -0.3 is 10.2 Å². The lowest BCUT2D eigenvalue weighted by Gasteiger charge is -2.09. The number of carboxylic acid groups (broad SMARTS) is 1. The number of aliphatic hydroxyl groups excluding tert-OH is 1. The molecule has 0 aliphatic rings. The zero-order valence-electron chi connectivity index (χ0n) is 9.07. The standard InChI is InChI=1S/C8H13N3O5S/c1-6(5-12)10-17(15,16)7-2-9-11(3-7)4-8(13)14/h2-3,6,10,12H,4-5H2,1H3,(H,13,14)/t6-/m1/s1. The number of sulfonamides is 1. The molecule has 0 aliphatic heterocycles. The maximum atomic E-state index is 11.7. The van der Waals surface area contributed by atoms with Crippen LogP contribution in [0.3, 0.4) is 0 Å². The van der Waals surface area contributed by atoms with E-state index in [0.29, 0.717) is 0 Å². The van der Waals surface area contributed by atoms with Crippen LogP contribution < -0.4 is 4.72 Å². The lowest BCUT2D eigenvalue weighted by molar-refractivity contribution is -0.137. The Morgan fingerprint density at radius 3 is 2.82 bits per heavy atom. The number of aliphatic hydroxyl groups is 1. The molecule has 0 amide bonds. The Morgan fingerprint density at radius 2 is 2.29 bits per heavy atom. The van der Waals surface area contributed by atoms with Gasteiger partial charge in [-0.3, -0.25) is 9.48 Å². The van der Waals surface area contributed by atoms with E-state index in [1.54, 1.807) is 0 Å². The fraction of sp³-hybridized carbons (Fsp3) is 0.500. The molecule has 0 fully saturated rings. The Balaban J connectivity index is 2.85. The van der Waals surface area contributed by atoms with Gasteiger partial charge in [-0.1, -0.05) is 0 Å². The Hall–Kier alpha value is -1.45. The maximum Gasteiger partial charge on any atom is 0.325 e. The molecule has 1 aromatic heterocycles. The largest absolute Gasteiger partial charge is 0.480 e. The van der Waals surface area contributed by atoms with Crippen molar-refractivity contribution in [2.24, 2.45) is 0 Å². The first kappa shape index (κ1) is 13.6. The molecule has 1 rings (SSSR count). The Morgan fingerprint density at radius 1 is 1.65 bits per heavy atom. The van der Waals surface area contributed by atoms with Crippen LogP contribution in [0.2, 0.25) is 0 Å². The number of hydrogen-bond donors (Lipinski definition) is 3. The molecule has 0 spiro atoms. The second kappa shape index (κ2) is 5.25. The molecule has 0 aliphatic carbocycles. The fourth-order valence-electron chi connectivity index (χ4n) is 1.08. The third-order valence-electron chi connectivity index (χ3n) is 1.85. The number of nitrogens with one attached hydrogen (secondary N) is 1. The van der Waals surface area contributed by atoms with Crippen LogP contribution in [0.25, 0.3) is 0 Å². The number of rotatable bonds is 6. The molecule has 0 radical (unpaired) electrons. The van der Waals surface area contributed by atoms with Gasteiger partial charge in [0.1, 0.15) is 11.4 Å². The highest BCUT2D eigenvalue weighted by atomic mass is 32.2. The van der Waals surface area contributed by atoms with Gasteiger partial charge in [-0.15, -0.1) is 0 Å². The van der Waals surface area contributed by atoms with E-state index in [-0.39, 0.29) is 11.5 Å². The van der Waals surface area contributed by atoms with Crippen LogP contribution in [0.4, 0.5) is 0 Å². The zero-order valence-corrected chi connectivity index (χ0v) is 9.88. The van der Waals surface area contributed by atoms with E-state index in [2.05, 4.69) is 9.82 Å². The van der Waals surface area contributed by atoms with Crippen molar-refractivity contribution >= 4 is 16.0 Å². The van der Waals surface area contributed by atoms with Gasteiger partial charge in [0.15, 0.2) is 0 Å². The number of nitrogens with zero attached hydrogens (tertiary/aromatic N) is 2. The topological polar surface area (TPSA) is 122 Å². The molecule has 96 valence electrons. The lowest BCUT2D eigenvalue weighted by Crippen LogP contribution is -2.34. The van der Waals surface area contributed by atoms with Crippen molar-refractivity contribution in [3.63, 3.8) is 0 Å². The molecule has 3 N–H and O–H groups in total. The summed E-state index contributed by atoms with van der Waals surface area (Å²) in [5, 5.41) is 20.9. The summed E-state index contributed by atoms with van der Waals surface area (Å²) in [6.07, 6.45) is 2.16. The average molecular weight is 263 g/mol. The van der Waals surface area contributed by atoms with Crippen LogP contribution in [-0.4, -0.2) is 47.0 Å². The number of carbonyl (C=O) groups is 1. The van der Waals surface area contributed by atoms with Gasteiger partial charge >= 0.3 is 5.97 Å². The van der Waals surface area contributed by atoms with E-state index in [1.165, 1.54) is 6.92 Å². The molecular formula is C8H13N3O5S. The summed E-state index contributed by atoms with van der Waals surface area (Å²) in [6, 6.07) is -0.622. The summed E-state index contributed by atoms with van der Waals surface area (Å²) in [5.41, 5.74) is 0. The quantitative estimate of drug-likeness (QED) is 0.582. The summed E-state index contributed by atoms with van der Waals surface area (Å²) >= 11 is 0. The summed E-state index contributed by atoms with van der Waals surface area (Å²) in [6.45, 7) is 0.757. The van der Waals surface area contributed by atoms with E-state index < -0.39 is 28.6 Å². The first-order valence-electron chi connectivity index (χ1n) is 4.72. The van der Waals surface area contributed by atoms with Crippen LogP contribution in [0, 0.1) is 0 Å². The molecule has 0 aromatic carbocycles. The Bertz CT molecular complexity index is 495. The summed E-state index contributed by atoms with van der Waals surface area (Å²) in [7, 11) is -3.77. The van der Waals surface area contributed by atoms with Crippen LogP contribution in [0.1, 0.15) is 6.92 Å². The third kappa shape index (κ3) is 3.80. The molecule has 8 nitrogen and oxygen atoms in total. The minimum Gasteiger partial charge on any atom is -0.480 e. The second-order valence-corrected chi connectivity index (χ2v) is 5.19. The van der Waals surface area contributed by atoms with Gasteiger partial charge in [0.2, 0.25) is 10.0 Å². The van der Waals surface area contributed by atoms with Gasteiger partial charge in [-0.05, 0) is 6.92 Å². The van der Waals surface area contributed by atoms with E-state index in [0.717, 1.165) is 17.1 Å². The van der Waals surface area contributed by atoms with Gasteiger partial charge in [-0.2, -0.15) is 5.10 Å². The number of aliphatic carboxylic acids is 1. The lowest BCUT2D eigenvalue weighted by atomic mass is 10.4. The van der Waals surface area contributed by atoms with E-state index in [1.807, 2.05) is 0 Å². The van der Waals surface area contributed by atoms with Crippen LogP contribution in [0.15, 0.2) is 17.3 Å². The summed E-state index contributed by atoms with van der Waals surface area (Å²) in [5.74, 6) is -1.12. The molecule has 1 aromatic rings. The smallest absolute Gasteiger partial charge is 0.325 e. The van der Waals surface area contributed by atoms with Crippen molar-refractivity contribution in [1.29, 1.82) is 0 Å². The van der Waals surface area contributed by atoms with E-state index in [4.69, 9.17) is 10.2 Å². The molecule has 1 heterocycles. The van der Waals surface area contributed by atoms with Crippen molar-refractivity contribution < 1.29 is 23.4 Å². The predicted molar refractivity (Wildman–Crippen MR) is 56.7 cm³/mol. The Kier molecular flexibility index (Phi) is 4.21. The van der Waals surface area contributed by atoms with E-state index >= 15 is 0 Å². The van der Waals surface area contributed by atoms with Crippen molar-refractivity contribution in [1.82, 2.24) is 14.5 Å².